The number of rotatable bonds is 8. The minimum absolute atomic E-state index is 0.0237. The molecular formula is C17H34O3Si. The Balaban J connectivity index is 5.32. The number of hydrogen-bond donors (Lipinski definition) is 1. The van der Waals surface area contributed by atoms with Crippen LogP contribution in [0.1, 0.15) is 41.5 Å². The summed E-state index contributed by atoms with van der Waals surface area (Å²) in [5.41, 5.74) is 0. The summed E-state index contributed by atoms with van der Waals surface area (Å²) in [7, 11) is -2.00. The molecule has 124 valence electrons. The van der Waals surface area contributed by atoms with Crippen LogP contribution in [0.15, 0.2) is 12.7 Å². The van der Waals surface area contributed by atoms with Crippen LogP contribution in [0.2, 0.25) is 18.1 Å². The van der Waals surface area contributed by atoms with Crippen molar-refractivity contribution >= 4 is 14.6 Å². The summed E-state index contributed by atoms with van der Waals surface area (Å²) in [4.78, 5) is 11.3. The molecule has 5 atom stereocenters. The van der Waals surface area contributed by atoms with E-state index < -0.39 is 14.4 Å². The first kappa shape index (κ1) is 20.5. The zero-order valence-electron chi connectivity index (χ0n) is 15.0. The molecule has 0 bridgehead atoms. The van der Waals surface area contributed by atoms with E-state index >= 15 is 0 Å². The molecule has 0 aromatic carbocycles. The maximum atomic E-state index is 11.3. The van der Waals surface area contributed by atoms with Crippen molar-refractivity contribution in [2.75, 3.05) is 0 Å². The van der Waals surface area contributed by atoms with Crippen molar-refractivity contribution in [1.82, 2.24) is 0 Å². The highest BCUT2D eigenvalue weighted by molar-refractivity contribution is 6.74. The molecule has 0 rings (SSSR count). The fourth-order valence-corrected chi connectivity index (χ4v) is 3.56. The number of carbonyl (C=O) groups excluding carboxylic acids is 1. The van der Waals surface area contributed by atoms with Gasteiger partial charge < -0.3 is 14.3 Å². The van der Waals surface area contributed by atoms with E-state index in [1.165, 1.54) is 0 Å². The topological polar surface area (TPSA) is 46.5 Å². The lowest BCUT2D eigenvalue weighted by Crippen LogP contribution is -2.50. The summed E-state index contributed by atoms with van der Waals surface area (Å²) in [5, 5.41) is 10.5. The molecule has 0 aliphatic heterocycles. The number of aldehydes is 1. The van der Waals surface area contributed by atoms with Crippen molar-refractivity contribution in [2.24, 2.45) is 17.8 Å². The molecule has 0 amide bonds. The van der Waals surface area contributed by atoms with Crippen LogP contribution in [0.25, 0.3) is 0 Å². The second-order valence-electron chi connectivity index (χ2n) is 7.78. The third-order valence-corrected chi connectivity index (χ3v) is 9.41. The Bertz CT molecular complexity index is 346. The highest BCUT2D eigenvalue weighted by Crippen LogP contribution is 2.39. The quantitative estimate of drug-likeness (QED) is 0.418. The average Bonchev–Trinajstić information content (AvgIpc) is 2.40. The second-order valence-corrected chi connectivity index (χ2v) is 12.5. The third kappa shape index (κ3) is 5.35. The third-order valence-electron chi connectivity index (χ3n) is 4.94. The van der Waals surface area contributed by atoms with Gasteiger partial charge in [-0.2, -0.15) is 0 Å². The first-order chi connectivity index (χ1) is 9.39. The van der Waals surface area contributed by atoms with E-state index in [2.05, 4.69) is 40.4 Å². The van der Waals surface area contributed by atoms with E-state index in [-0.39, 0.29) is 28.9 Å². The van der Waals surface area contributed by atoms with Gasteiger partial charge in [0.1, 0.15) is 6.29 Å². The molecule has 0 heterocycles. The molecule has 0 aliphatic carbocycles. The lowest BCUT2D eigenvalue weighted by Gasteiger charge is -2.43. The summed E-state index contributed by atoms with van der Waals surface area (Å²) in [6.07, 6.45) is 1.86. The molecule has 0 aromatic rings. The van der Waals surface area contributed by atoms with E-state index in [1.54, 1.807) is 6.08 Å². The van der Waals surface area contributed by atoms with Crippen LogP contribution in [-0.2, 0) is 9.22 Å². The Hall–Kier alpha value is -0.453. The van der Waals surface area contributed by atoms with Gasteiger partial charge in [0.05, 0.1) is 12.2 Å². The summed E-state index contributed by atoms with van der Waals surface area (Å²) >= 11 is 0. The van der Waals surface area contributed by atoms with Gasteiger partial charge in [-0.15, -0.1) is 6.58 Å². The Morgan fingerprint density at radius 3 is 1.95 bits per heavy atom. The van der Waals surface area contributed by atoms with Crippen LogP contribution < -0.4 is 0 Å². The molecule has 0 aromatic heterocycles. The summed E-state index contributed by atoms with van der Waals surface area (Å²) < 4.78 is 6.45. The predicted octanol–water partition coefficient (Wildman–Crippen LogP) is 4.03. The monoisotopic (exact) mass is 314 g/mol. The number of hydrogen-bond acceptors (Lipinski definition) is 3. The summed E-state index contributed by atoms with van der Waals surface area (Å²) in [5.74, 6) is -0.377. The first-order valence-electron chi connectivity index (χ1n) is 7.82. The second kappa shape index (κ2) is 7.70. The molecule has 0 spiro atoms. The van der Waals surface area contributed by atoms with Crippen LogP contribution in [0.5, 0.6) is 0 Å². The van der Waals surface area contributed by atoms with Gasteiger partial charge >= 0.3 is 0 Å². The van der Waals surface area contributed by atoms with Crippen molar-refractivity contribution in [3.8, 4) is 0 Å². The smallest absolute Gasteiger partial charge is 0.192 e. The van der Waals surface area contributed by atoms with Crippen LogP contribution in [0.3, 0.4) is 0 Å². The lowest BCUT2D eigenvalue weighted by molar-refractivity contribution is -0.115. The Kier molecular flexibility index (Phi) is 7.54. The van der Waals surface area contributed by atoms with E-state index in [4.69, 9.17) is 4.43 Å². The maximum absolute atomic E-state index is 11.3. The SMILES string of the molecule is C=C[C@H](C)[C@H](O)[C@@H](C)[C@H](O[Si](C)(C)C(C)(C)C)[C@@H](C)C=O. The summed E-state index contributed by atoms with van der Waals surface area (Å²) in [6.45, 7) is 20.4. The zero-order chi connectivity index (χ0) is 17.0. The minimum Gasteiger partial charge on any atom is -0.413 e. The number of carbonyl (C=O) groups is 1. The lowest BCUT2D eigenvalue weighted by atomic mass is 9.85. The van der Waals surface area contributed by atoms with Crippen molar-refractivity contribution in [1.29, 1.82) is 0 Å². The Morgan fingerprint density at radius 2 is 1.62 bits per heavy atom. The van der Waals surface area contributed by atoms with Crippen molar-refractivity contribution in [2.45, 2.75) is 71.9 Å². The van der Waals surface area contributed by atoms with Gasteiger partial charge in [-0.25, -0.2) is 0 Å². The Morgan fingerprint density at radius 1 is 1.14 bits per heavy atom. The van der Waals surface area contributed by atoms with Crippen molar-refractivity contribution in [3.05, 3.63) is 12.7 Å². The zero-order valence-corrected chi connectivity index (χ0v) is 16.0. The number of aliphatic hydroxyl groups is 1. The van der Waals surface area contributed by atoms with E-state index in [0.29, 0.717) is 0 Å². The standard InChI is InChI=1S/C17H34O3Si/c1-10-12(2)15(19)14(4)16(13(3)11-18)20-21(8,9)17(5,6)7/h10-16,19H,1H2,2-9H3/t12-,13-,14+,15-,16+/m0/s1. The van der Waals surface area contributed by atoms with Crippen LogP contribution >= 0.6 is 0 Å². The molecule has 0 radical (unpaired) electrons. The Labute approximate surface area is 131 Å². The van der Waals surface area contributed by atoms with Crippen LogP contribution in [0, 0.1) is 17.8 Å². The average molecular weight is 315 g/mol. The van der Waals surface area contributed by atoms with E-state index in [9.17, 15) is 9.90 Å². The van der Waals surface area contributed by atoms with E-state index in [1.807, 2.05) is 20.8 Å². The van der Waals surface area contributed by atoms with Gasteiger partial charge in [-0.3, -0.25) is 0 Å². The molecule has 21 heavy (non-hydrogen) atoms. The van der Waals surface area contributed by atoms with Crippen LogP contribution in [0.4, 0.5) is 0 Å². The largest absolute Gasteiger partial charge is 0.413 e. The predicted molar refractivity (Wildman–Crippen MR) is 91.8 cm³/mol. The molecule has 0 unspecified atom stereocenters. The van der Waals surface area contributed by atoms with Gasteiger partial charge in [0.2, 0.25) is 0 Å². The molecule has 0 saturated carbocycles. The molecular weight excluding hydrogens is 280 g/mol. The first-order valence-corrected chi connectivity index (χ1v) is 10.7. The molecule has 0 fully saturated rings. The van der Waals surface area contributed by atoms with Crippen molar-refractivity contribution in [3.63, 3.8) is 0 Å². The van der Waals surface area contributed by atoms with E-state index in [0.717, 1.165) is 6.29 Å². The number of aliphatic hydroxyl groups excluding tert-OH is 1. The van der Waals surface area contributed by atoms with Gasteiger partial charge in [-0.1, -0.05) is 47.6 Å². The molecule has 0 saturated heterocycles. The van der Waals surface area contributed by atoms with Crippen molar-refractivity contribution < 1.29 is 14.3 Å². The maximum Gasteiger partial charge on any atom is 0.192 e. The molecule has 4 heteroatoms. The summed E-state index contributed by atoms with van der Waals surface area (Å²) in [6, 6.07) is 0. The highest BCUT2D eigenvalue weighted by atomic mass is 28.4. The molecule has 3 nitrogen and oxygen atoms in total. The molecule has 0 aliphatic rings. The molecule has 1 N–H and O–H groups in total. The van der Waals surface area contributed by atoms with Gasteiger partial charge in [0.15, 0.2) is 8.32 Å². The minimum atomic E-state index is -2.00. The van der Waals surface area contributed by atoms with Gasteiger partial charge in [-0.05, 0) is 18.1 Å². The van der Waals surface area contributed by atoms with Gasteiger partial charge in [0.25, 0.3) is 0 Å². The fourth-order valence-electron chi connectivity index (χ4n) is 2.10. The van der Waals surface area contributed by atoms with Gasteiger partial charge in [0, 0.05) is 17.8 Å². The normalized spacial score (nSPS) is 20.2. The van der Waals surface area contributed by atoms with Crippen LogP contribution in [-0.4, -0.2) is 31.9 Å². The fraction of sp³-hybridized carbons (Fsp3) is 0.824. The highest BCUT2D eigenvalue weighted by Gasteiger charge is 2.42.